The molecule has 0 saturated carbocycles. The van der Waals surface area contributed by atoms with E-state index in [4.69, 9.17) is 16.7 Å². The van der Waals surface area contributed by atoms with Gasteiger partial charge < -0.3 is 15.6 Å². The minimum atomic E-state index is -0.692. The number of carbonyl (C=O) groups is 1. The lowest BCUT2D eigenvalue weighted by atomic mass is 10.2. The van der Waals surface area contributed by atoms with Crippen LogP contribution in [0.2, 0.25) is 0 Å². The lowest BCUT2D eigenvalue weighted by Gasteiger charge is -2.07. The molecule has 1 aromatic heterocycles. The van der Waals surface area contributed by atoms with Crippen molar-refractivity contribution in [3.05, 3.63) is 11.7 Å². The standard InChI is InChI=1S/C9H12N4O2/c1-3-4-7(10)9(14)11-5-8-12-6(2)15-13-8/h1,7H,4-5,10H2,2H3,(H,11,14). The number of rotatable bonds is 4. The fourth-order valence-electron chi connectivity index (χ4n) is 0.930. The summed E-state index contributed by atoms with van der Waals surface area (Å²) in [5.41, 5.74) is 5.48. The summed E-state index contributed by atoms with van der Waals surface area (Å²) < 4.78 is 4.73. The molecule has 0 aliphatic rings. The monoisotopic (exact) mass is 208 g/mol. The van der Waals surface area contributed by atoms with Crippen molar-refractivity contribution in [2.24, 2.45) is 5.73 Å². The molecule has 0 aromatic carbocycles. The minimum absolute atomic E-state index is 0.189. The van der Waals surface area contributed by atoms with Gasteiger partial charge in [-0.3, -0.25) is 4.79 Å². The molecule has 1 amide bonds. The highest BCUT2D eigenvalue weighted by atomic mass is 16.5. The molecule has 80 valence electrons. The van der Waals surface area contributed by atoms with Gasteiger partial charge in [0.2, 0.25) is 11.8 Å². The number of aromatic nitrogens is 2. The van der Waals surface area contributed by atoms with Gasteiger partial charge in [0.1, 0.15) is 0 Å². The zero-order valence-electron chi connectivity index (χ0n) is 8.36. The van der Waals surface area contributed by atoms with Crippen molar-refractivity contribution in [1.29, 1.82) is 0 Å². The van der Waals surface area contributed by atoms with Gasteiger partial charge in [-0.05, 0) is 0 Å². The first-order chi connectivity index (χ1) is 7.13. The lowest BCUT2D eigenvalue weighted by molar-refractivity contribution is -0.122. The first-order valence-corrected chi connectivity index (χ1v) is 4.39. The molecule has 6 heteroatoms. The number of carbonyl (C=O) groups excluding carboxylic acids is 1. The van der Waals surface area contributed by atoms with Crippen LogP contribution in [0.15, 0.2) is 4.52 Å². The van der Waals surface area contributed by atoms with E-state index >= 15 is 0 Å². The van der Waals surface area contributed by atoms with Crippen LogP contribution in [0, 0.1) is 19.3 Å². The molecule has 0 saturated heterocycles. The Morgan fingerprint density at radius 3 is 3.07 bits per heavy atom. The third-order valence-corrected chi connectivity index (χ3v) is 1.66. The number of terminal acetylenes is 1. The largest absolute Gasteiger partial charge is 0.347 e. The summed E-state index contributed by atoms with van der Waals surface area (Å²) in [6.45, 7) is 1.86. The van der Waals surface area contributed by atoms with Gasteiger partial charge in [-0.1, -0.05) is 5.16 Å². The first-order valence-electron chi connectivity index (χ1n) is 4.39. The highest BCUT2D eigenvalue weighted by Gasteiger charge is 2.12. The van der Waals surface area contributed by atoms with Crippen LogP contribution in [0.1, 0.15) is 18.1 Å². The molecular formula is C9H12N4O2. The number of nitrogens with zero attached hydrogens (tertiary/aromatic N) is 2. The van der Waals surface area contributed by atoms with Crippen LogP contribution in [0.4, 0.5) is 0 Å². The molecule has 0 bridgehead atoms. The zero-order valence-corrected chi connectivity index (χ0v) is 8.36. The van der Waals surface area contributed by atoms with Crippen LogP contribution in [0.3, 0.4) is 0 Å². The molecular weight excluding hydrogens is 196 g/mol. The predicted octanol–water partition coefficient (Wildman–Crippen LogP) is -0.655. The van der Waals surface area contributed by atoms with Gasteiger partial charge in [0.05, 0.1) is 12.6 Å². The summed E-state index contributed by atoms with van der Waals surface area (Å²) in [7, 11) is 0. The van der Waals surface area contributed by atoms with Gasteiger partial charge in [0, 0.05) is 13.3 Å². The Labute approximate surface area is 87.2 Å². The number of nitrogens with two attached hydrogens (primary N) is 1. The summed E-state index contributed by atoms with van der Waals surface area (Å²) in [4.78, 5) is 15.2. The van der Waals surface area contributed by atoms with E-state index in [0.717, 1.165) is 0 Å². The molecule has 3 N–H and O–H groups in total. The quantitative estimate of drug-likeness (QED) is 0.641. The molecule has 0 spiro atoms. The fraction of sp³-hybridized carbons (Fsp3) is 0.444. The summed E-state index contributed by atoms with van der Waals surface area (Å²) in [6, 6.07) is -0.692. The van der Waals surface area contributed by atoms with Crippen LogP contribution in [-0.2, 0) is 11.3 Å². The molecule has 1 rings (SSSR count). The normalized spacial score (nSPS) is 11.8. The molecule has 1 atom stereocenters. The Kier molecular flexibility index (Phi) is 3.83. The fourth-order valence-corrected chi connectivity index (χ4v) is 0.930. The van der Waals surface area contributed by atoms with Crippen LogP contribution in [-0.4, -0.2) is 22.1 Å². The van der Waals surface area contributed by atoms with E-state index in [0.29, 0.717) is 11.7 Å². The molecule has 1 aromatic rings. The third kappa shape index (κ3) is 3.40. The number of amides is 1. The third-order valence-electron chi connectivity index (χ3n) is 1.66. The van der Waals surface area contributed by atoms with E-state index in [1.54, 1.807) is 6.92 Å². The molecule has 1 heterocycles. The summed E-state index contributed by atoms with van der Waals surface area (Å²) >= 11 is 0. The van der Waals surface area contributed by atoms with Crippen molar-refractivity contribution in [2.75, 3.05) is 0 Å². The van der Waals surface area contributed by atoms with E-state index in [9.17, 15) is 4.79 Å². The smallest absolute Gasteiger partial charge is 0.238 e. The van der Waals surface area contributed by atoms with Crippen LogP contribution < -0.4 is 11.1 Å². The van der Waals surface area contributed by atoms with E-state index in [1.165, 1.54) is 0 Å². The molecule has 0 radical (unpaired) electrons. The number of hydrogen-bond acceptors (Lipinski definition) is 5. The maximum Gasteiger partial charge on any atom is 0.238 e. The number of hydrogen-bond donors (Lipinski definition) is 2. The van der Waals surface area contributed by atoms with Gasteiger partial charge in [-0.15, -0.1) is 12.3 Å². The summed E-state index contributed by atoms with van der Waals surface area (Å²) in [6.07, 6.45) is 5.23. The highest BCUT2D eigenvalue weighted by Crippen LogP contribution is 1.94. The Bertz CT molecular complexity index is 380. The molecule has 0 aliphatic carbocycles. The zero-order chi connectivity index (χ0) is 11.3. The van der Waals surface area contributed by atoms with Crippen LogP contribution >= 0.6 is 0 Å². The van der Waals surface area contributed by atoms with Crippen molar-refractivity contribution in [3.8, 4) is 12.3 Å². The Balaban J connectivity index is 2.38. The number of aryl methyl sites for hydroxylation is 1. The average Bonchev–Trinajstić information content (AvgIpc) is 2.61. The minimum Gasteiger partial charge on any atom is -0.347 e. The van der Waals surface area contributed by atoms with Crippen LogP contribution in [0.5, 0.6) is 0 Å². The van der Waals surface area contributed by atoms with Gasteiger partial charge in [-0.2, -0.15) is 4.98 Å². The topological polar surface area (TPSA) is 94.0 Å². The van der Waals surface area contributed by atoms with Crippen molar-refractivity contribution >= 4 is 5.91 Å². The Morgan fingerprint density at radius 1 is 1.80 bits per heavy atom. The summed E-state index contributed by atoms with van der Waals surface area (Å²) in [5.74, 6) is 2.85. The molecule has 0 fully saturated rings. The van der Waals surface area contributed by atoms with E-state index in [1.807, 2.05) is 0 Å². The van der Waals surface area contributed by atoms with Crippen LogP contribution in [0.25, 0.3) is 0 Å². The van der Waals surface area contributed by atoms with Crippen molar-refractivity contribution < 1.29 is 9.32 Å². The SMILES string of the molecule is C#CCC(N)C(=O)NCc1noc(C)n1. The Morgan fingerprint density at radius 2 is 2.53 bits per heavy atom. The molecule has 15 heavy (non-hydrogen) atoms. The van der Waals surface area contributed by atoms with Gasteiger partial charge in [-0.25, -0.2) is 0 Å². The second-order valence-electron chi connectivity index (χ2n) is 2.96. The van der Waals surface area contributed by atoms with E-state index in [2.05, 4.69) is 21.4 Å². The van der Waals surface area contributed by atoms with Gasteiger partial charge in [0.25, 0.3) is 0 Å². The second kappa shape index (κ2) is 5.12. The van der Waals surface area contributed by atoms with E-state index < -0.39 is 6.04 Å². The van der Waals surface area contributed by atoms with Gasteiger partial charge >= 0.3 is 0 Å². The van der Waals surface area contributed by atoms with Gasteiger partial charge in [0.15, 0.2) is 5.82 Å². The molecule has 0 aliphatic heterocycles. The maximum absolute atomic E-state index is 11.3. The number of nitrogens with one attached hydrogen (secondary N) is 1. The maximum atomic E-state index is 11.3. The average molecular weight is 208 g/mol. The van der Waals surface area contributed by atoms with Crippen molar-refractivity contribution in [2.45, 2.75) is 25.9 Å². The predicted molar refractivity (Wildman–Crippen MR) is 52.3 cm³/mol. The molecule has 1 unspecified atom stereocenters. The molecule has 6 nitrogen and oxygen atoms in total. The lowest BCUT2D eigenvalue weighted by Crippen LogP contribution is -2.40. The summed E-state index contributed by atoms with van der Waals surface area (Å²) in [5, 5.41) is 6.16. The van der Waals surface area contributed by atoms with Crippen molar-refractivity contribution in [3.63, 3.8) is 0 Å². The highest BCUT2D eigenvalue weighted by molar-refractivity contribution is 5.81. The Hall–Kier alpha value is -1.87. The van der Waals surface area contributed by atoms with E-state index in [-0.39, 0.29) is 18.9 Å². The van der Waals surface area contributed by atoms with Crippen molar-refractivity contribution in [1.82, 2.24) is 15.5 Å². The first kappa shape index (κ1) is 11.2. The second-order valence-corrected chi connectivity index (χ2v) is 2.96.